The van der Waals surface area contributed by atoms with Crippen molar-refractivity contribution in [1.29, 1.82) is 0 Å². The van der Waals surface area contributed by atoms with Crippen LogP contribution in [-0.4, -0.2) is 34.3 Å². The Labute approximate surface area is 134 Å². The third-order valence-electron chi connectivity index (χ3n) is 4.33. The topological polar surface area (TPSA) is 67.1 Å². The molecule has 0 amide bonds. The maximum atomic E-state index is 13.4. The second-order valence-corrected chi connectivity index (χ2v) is 5.93. The van der Waals surface area contributed by atoms with Crippen molar-refractivity contribution in [3.8, 4) is 0 Å². The van der Waals surface area contributed by atoms with Crippen LogP contribution in [0.2, 0.25) is 0 Å². The van der Waals surface area contributed by atoms with Crippen LogP contribution in [0.4, 0.5) is 4.39 Å². The minimum Gasteiger partial charge on any atom is -0.356 e. The fraction of sp³-hybridized carbons (Fsp3) is 0.438. The largest absolute Gasteiger partial charge is 0.356 e. The molecule has 2 aromatic rings. The highest BCUT2D eigenvalue weighted by Gasteiger charge is 2.44. The Morgan fingerprint density at radius 2 is 2.22 bits per heavy atom. The summed E-state index contributed by atoms with van der Waals surface area (Å²) in [7, 11) is 3.63. The molecule has 23 heavy (non-hydrogen) atoms. The predicted molar refractivity (Wildman–Crippen MR) is 86.5 cm³/mol. The minimum atomic E-state index is -0.182. The highest BCUT2D eigenvalue weighted by atomic mass is 19.1. The lowest BCUT2D eigenvalue weighted by atomic mass is 9.96. The van der Waals surface area contributed by atoms with Crippen LogP contribution < -0.4 is 10.6 Å². The van der Waals surface area contributed by atoms with Gasteiger partial charge in [-0.05, 0) is 30.5 Å². The van der Waals surface area contributed by atoms with Crippen LogP contribution in [0.3, 0.4) is 0 Å². The zero-order valence-electron chi connectivity index (χ0n) is 13.4. The molecule has 1 fully saturated rings. The molecule has 1 aliphatic rings. The summed E-state index contributed by atoms with van der Waals surface area (Å²) in [6, 6.07) is 6.87. The van der Waals surface area contributed by atoms with E-state index >= 15 is 0 Å². The Bertz CT molecular complexity index is 704. The van der Waals surface area contributed by atoms with Crippen LogP contribution in [0.15, 0.2) is 35.6 Å². The van der Waals surface area contributed by atoms with Gasteiger partial charge in [0.2, 0.25) is 0 Å². The Morgan fingerprint density at radius 3 is 2.83 bits per heavy atom. The fourth-order valence-corrected chi connectivity index (χ4v) is 2.64. The summed E-state index contributed by atoms with van der Waals surface area (Å²) in [5, 5.41) is 14.4. The van der Waals surface area contributed by atoms with Gasteiger partial charge in [-0.15, -0.1) is 10.2 Å². The van der Waals surface area contributed by atoms with Crippen LogP contribution in [0.5, 0.6) is 0 Å². The summed E-state index contributed by atoms with van der Waals surface area (Å²) < 4.78 is 15.3. The number of aromatic nitrogens is 3. The number of rotatable bonds is 5. The normalized spacial score (nSPS) is 16.2. The van der Waals surface area contributed by atoms with Crippen LogP contribution in [-0.2, 0) is 19.0 Å². The smallest absolute Gasteiger partial charge is 0.191 e. The van der Waals surface area contributed by atoms with E-state index in [2.05, 4.69) is 25.8 Å². The molecule has 6 nitrogen and oxygen atoms in total. The number of hydrogen-bond donors (Lipinski definition) is 2. The first-order chi connectivity index (χ1) is 11.1. The molecular formula is C16H21FN6. The van der Waals surface area contributed by atoms with Crippen LogP contribution in [0.1, 0.15) is 24.2 Å². The Morgan fingerprint density at radius 1 is 1.39 bits per heavy atom. The van der Waals surface area contributed by atoms with Crippen molar-refractivity contribution in [2.24, 2.45) is 12.0 Å². The second-order valence-electron chi connectivity index (χ2n) is 5.93. The first-order valence-corrected chi connectivity index (χ1v) is 7.66. The van der Waals surface area contributed by atoms with Crippen LogP contribution in [0.25, 0.3) is 0 Å². The summed E-state index contributed by atoms with van der Waals surface area (Å²) in [6.45, 7) is 1.28. The molecule has 0 saturated heterocycles. The zero-order valence-corrected chi connectivity index (χ0v) is 13.4. The van der Waals surface area contributed by atoms with Gasteiger partial charge in [0.15, 0.2) is 11.8 Å². The monoisotopic (exact) mass is 316 g/mol. The molecule has 1 aliphatic carbocycles. The Kier molecular flexibility index (Phi) is 4.27. The maximum Gasteiger partial charge on any atom is 0.191 e. The van der Waals surface area contributed by atoms with Crippen molar-refractivity contribution in [3.63, 3.8) is 0 Å². The van der Waals surface area contributed by atoms with Crippen molar-refractivity contribution >= 4 is 5.96 Å². The molecule has 3 rings (SSSR count). The fourth-order valence-electron chi connectivity index (χ4n) is 2.64. The third-order valence-corrected chi connectivity index (χ3v) is 4.33. The SMILES string of the molecule is CN=C(NCc1nncn1C)NCC1(c2cccc(F)c2)CC1. The number of halogens is 1. The molecular weight excluding hydrogens is 295 g/mol. The number of aryl methyl sites for hydroxylation is 1. The molecule has 1 heterocycles. The van der Waals surface area contributed by atoms with E-state index < -0.39 is 0 Å². The van der Waals surface area contributed by atoms with Gasteiger partial charge in [0.1, 0.15) is 12.1 Å². The molecule has 1 aromatic heterocycles. The molecule has 7 heteroatoms. The first kappa shape index (κ1) is 15.5. The number of guanidine groups is 1. The molecule has 0 aliphatic heterocycles. The summed E-state index contributed by atoms with van der Waals surface area (Å²) in [5.74, 6) is 1.36. The van der Waals surface area contributed by atoms with Gasteiger partial charge in [-0.2, -0.15) is 0 Å². The molecule has 0 unspecified atom stereocenters. The summed E-state index contributed by atoms with van der Waals surface area (Å²) in [4.78, 5) is 4.22. The van der Waals surface area contributed by atoms with Crippen molar-refractivity contribution < 1.29 is 4.39 Å². The van der Waals surface area contributed by atoms with E-state index in [9.17, 15) is 4.39 Å². The van der Waals surface area contributed by atoms with E-state index in [0.29, 0.717) is 12.5 Å². The number of nitrogens with one attached hydrogen (secondary N) is 2. The van der Waals surface area contributed by atoms with E-state index in [1.54, 1.807) is 25.5 Å². The zero-order chi connectivity index (χ0) is 16.3. The van der Waals surface area contributed by atoms with Crippen molar-refractivity contribution in [2.75, 3.05) is 13.6 Å². The molecule has 0 bridgehead atoms. The highest BCUT2D eigenvalue weighted by molar-refractivity contribution is 5.79. The lowest BCUT2D eigenvalue weighted by Crippen LogP contribution is -2.41. The third kappa shape index (κ3) is 3.49. The lowest BCUT2D eigenvalue weighted by Gasteiger charge is -2.19. The quantitative estimate of drug-likeness (QED) is 0.645. The predicted octanol–water partition coefficient (Wildman–Crippen LogP) is 1.35. The average molecular weight is 316 g/mol. The van der Waals surface area contributed by atoms with E-state index in [0.717, 1.165) is 30.8 Å². The maximum absolute atomic E-state index is 13.4. The van der Waals surface area contributed by atoms with Gasteiger partial charge in [-0.3, -0.25) is 4.99 Å². The van der Waals surface area contributed by atoms with Gasteiger partial charge in [-0.1, -0.05) is 12.1 Å². The Hall–Kier alpha value is -2.44. The van der Waals surface area contributed by atoms with E-state index in [1.165, 1.54) is 6.07 Å². The van der Waals surface area contributed by atoms with Gasteiger partial charge in [-0.25, -0.2) is 4.39 Å². The number of aliphatic imine (C=N–C) groups is 1. The van der Waals surface area contributed by atoms with E-state index in [-0.39, 0.29) is 11.2 Å². The van der Waals surface area contributed by atoms with E-state index in [1.807, 2.05) is 17.7 Å². The van der Waals surface area contributed by atoms with Gasteiger partial charge in [0, 0.05) is 26.1 Å². The average Bonchev–Trinajstić information content (AvgIpc) is 3.24. The number of hydrogen-bond acceptors (Lipinski definition) is 3. The number of benzene rings is 1. The van der Waals surface area contributed by atoms with Crippen molar-refractivity contribution in [2.45, 2.75) is 24.8 Å². The molecule has 1 aromatic carbocycles. The van der Waals surface area contributed by atoms with Gasteiger partial charge in [0.25, 0.3) is 0 Å². The summed E-state index contributed by atoms with van der Waals surface area (Å²) >= 11 is 0. The van der Waals surface area contributed by atoms with Gasteiger partial charge >= 0.3 is 0 Å². The molecule has 0 radical (unpaired) electrons. The van der Waals surface area contributed by atoms with Crippen LogP contribution >= 0.6 is 0 Å². The standard InChI is InChI=1S/C16H21FN6/c1-18-15(19-9-14-22-21-11-23(14)2)20-10-16(6-7-16)12-4-3-5-13(17)8-12/h3-5,8,11H,6-7,9-10H2,1-2H3,(H2,18,19,20). The molecule has 122 valence electrons. The molecule has 1 saturated carbocycles. The van der Waals surface area contributed by atoms with E-state index in [4.69, 9.17) is 0 Å². The second kappa shape index (κ2) is 6.36. The molecule has 0 atom stereocenters. The Balaban J connectivity index is 1.57. The number of nitrogens with zero attached hydrogens (tertiary/aromatic N) is 4. The van der Waals surface area contributed by atoms with Gasteiger partial charge < -0.3 is 15.2 Å². The minimum absolute atomic E-state index is 0.0184. The van der Waals surface area contributed by atoms with Crippen molar-refractivity contribution in [3.05, 3.63) is 47.8 Å². The van der Waals surface area contributed by atoms with Gasteiger partial charge in [0.05, 0.1) is 6.54 Å². The lowest BCUT2D eigenvalue weighted by molar-refractivity contribution is 0.606. The van der Waals surface area contributed by atoms with Crippen molar-refractivity contribution in [1.82, 2.24) is 25.4 Å². The first-order valence-electron chi connectivity index (χ1n) is 7.66. The summed E-state index contributed by atoms with van der Waals surface area (Å²) in [5.41, 5.74) is 1.07. The van der Waals surface area contributed by atoms with Crippen LogP contribution in [0, 0.1) is 5.82 Å². The summed E-state index contributed by atoms with van der Waals surface area (Å²) in [6.07, 6.45) is 3.78. The molecule has 0 spiro atoms. The molecule has 2 N–H and O–H groups in total. The highest BCUT2D eigenvalue weighted by Crippen LogP contribution is 2.47.